The predicted molar refractivity (Wildman–Crippen MR) is 96.2 cm³/mol. The molecule has 1 unspecified atom stereocenters. The van der Waals surface area contributed by atoms with Gasteiger partial charge in [-0.15, -0.1) is 0 Å². The molecular weight excluding hydrogens is 326 g/mol. The summed E-state index contributed by atoms with van der Waals surface area (Å²) in [4.78, 5) is 14.4. The molecule has 0 radical (unpaired) electrons. The van der Waals surface area contributed by atoms with Gasteiger partial charge in [0.05, 0.1) is 5.69 Å². The third kappa shape index (κ3) is 4.00. The fourth-order valence-corrected chi connectivity index (χ4v) is 3.23. The summed E-state index contributed by atoms with van der Waals surface area (Å²) in [5.74, 6) is 0.881. The normalized spacial score (nSPS) is 17.2. The van der Waals surface area contributed by atoms with Crippen LogP contribution in [0.5, 0.6) is 0 Å². The Morgan fingerprint density at radius 2 is 2.29 bits per heavy atom. The number of rotatable bonds is 5. The number of carbonyl (C=O) groups is 1. The number of nitrogens with one attached hydrogen (secondary N) is 1. The van der Waals surface area contributed by atoms with Crippen LogP contribution in [0.4, 0.5) is 11.5 Å². The van der Waals surface area contributed by atoms with Gasteiger partial charge in [-0.2, -0.15) is 5.10 Å². The maximum absolute atomic E-state index is 12.1. The first-order valence-corrected chi connectivity index (χ1v) is 8.46. The molecule has 24 heavy (non-hydrogen) atoms. The highest BCUT2D eigenvalue weighted by Crippen LogP contribution is 2.25. The smallest absolute Gasteiger partial charge is 0.241 e. The van der Waals surface area contributed by atoms with E-state index in [2.05, 4.69) is 21.4 Å². The molecule has 2 heterocycles. The van der Waals surface area contributed by atoms with E-state index >= 15 is 0 Å². The molecule has 1 aliphatic rings. The van der Waals surface area contributed by atoms with E-state index < -0.39 is 0 Å². The number of aryl methyl sites for hydroxylation is 1. The Bertz CT molecular complexity index is 730. The van der Waals surface area contributed by atoms with Crippen molar-refractivity contribution in [2.75, 3.05) is 30.3 Å². The van der Waals surface area contributed by atoms with E-state index in [1.807, 2.05) is 25.1 Å². The van der Waals surface area contributed by atoms with Crippen LogP contribution in [0.3, 0.4) is 0 Å². The molecule has 2 aromatic rings. The average Bonchev–Trinajstić information content (AvgIpc) is 3.12. The van der Waals surface area contributed by atoms with Crippen LogP contribution in [0.2, 0.25) is 5.02 Å². The van der Waals surface area contributed by atoms with Gasteiger partial charge in [-0.1, -0.05) is 17.7 Å². The Labute approximate surface area is 146 Å². The van der Waals surface area contributed by atoms with Gasteiger partial charge in [0, 0.05) is 36.4 Å². The lowest BCUT2D eigenvalue weighted by molar-refractivity contribution is -0.121. The Kier molecular flexibility index (Phi) is 4.94. The van der Waals surface area contributed by atoms with Gasteiger partial charge in [-0.3, -0.25) is 4.79 Å². The minimum absolute atomic E-state index is 0.0639. The minimum atomic E-state index is -0.0639. The fraction of sp³-hybridized carbons (Fsp3) is 0.412. The van der Waals surface area contributed by atoms with Gasteiger partial charge in [0.25, 0.3) is 0 Å². The molecule has 0 spiro atoms. The van der Waals surface area contributed by atoms with Gasteiger partial charge in [-0.25, -0.2) is 4.68 Å². The maximum Gasteiger partial charge on any atom is 0.241 e. The van der Waals surface area contributed by atoms with Crippen LogP contribution in [0.1, 0.15) is 12.1 Å². The number of hydrogen-bond acceptors (Lipinski definition) is 4. The number of hydrogen-bond donors (Lipinski definition) is 2. The summed E-state index contributed by atoms with van der Waals surface area (Å²) in [6.45, 7) is 4.57. The summed E-state index contributed by atoms with van der Waals surface area (Å²) in [5, 5.41) is 7.93. The second kappa shape index (κ2) is 7.13. The van der Waals surface area contributed by atoms with Crippen LogP contribution in [0.15, 0.2) is 30.3 Å². The van der Waals surface area contributed by atoms with E-state index in [1.165, 1.54) is 4.68 Å². The van der Waals surface area contributed by atoms with Crippen molar-refractivity contribution in [1.82, 2.24) is 15.1 Å². The van der Waals surface area contributed by atoms with Crippen molar-refractivity contribution >= 4 is 29.0 Å². The Morgan fingerprint density at radius 3 is 3.00 bits per heavy atom. The molecule has 6 nitrogen and oxygen atoms in total. The van der Waals surface area contributed by atoms with Crippen molar-refractivity contribution in [3.05, 3.63) is 41.0 Å². The molecule has 128 valence electrons. The zero-order chi connectivity index (χ0) is 17.1. The summed E-state index contributed by atoms with van der Waals surface area (Å²) in [7, 11) is 0. The van der Waals surface area contributed by atoms with Crippen molar-refractivity contribution in [2.45, 2.75) is 19.9 Å². The van der Waals surface area contributed by atoms with Crippen molar-refractivity contribution in [3.8, 4) is 0 Å². The largest absolute Gasteiger partial charge is 0.384 e. The van der Waals surface area contributed by atoms with Crippen LogP contribution in [-0.2, 0) is 11.3 Å². The zero-order valence-electron chi connectivity index (χ0n) is 13.7. The standard InChI is InChI=1S/C17H22ClN5O/c1-12-7-16(19)23(21-12)11-17(24)20-9-13-5-6-22(10-13)15-4-2-3-14(18)8-15/h2-4,7-8,13H,5-6,9-11,19H2,1H3,(H,20,24). The third-order valence-electron chi connectivity index (χ3n) is 4.27. The monoisotopic (exact) mass is 347 g/mol. The number of amides is 1. The molecule has 1 amide bonds. The highest BCUT2D eigenvalue weighted by Gasteiger charge is 2.23. The number of benzene rings is 1. The molecule has 3 rings (SSSR count). The van der Waals surface area contributed by atoms with E-state index in [1.54, 1.807) is 6.07 Å². The first kappa shape index (κ1) is 16.6. The van der Waals surface area contributed by atoms with Gasteiger partial charge in [-0.05, 0) is 37.5 Å². The van der Waals surface area contributed by atoms with E-state index in [-0.39, 0.29) is 12.5 Å². The van der Waals surface area contributed by atoms with Crippen LogP contribution in [-0.4, -0.2) is 35.3 Å². The first-order valence-electron chi connectivity index (χ1n) is 8.08. The van der Waals surface area contributed by atoms with Crippen LogP contribution in [0, 0.1) is 12.8 Å². The molecule has 1 aliphatic heterocycles. The van der Waals surface area contributed by atoms with Crippen LogP contribution >= 0.6 is 11.6 Å². The lowest BCUT2D eigenvalue weighted by atomic mass is 10.1. The van der Waals surface area contributed by atoms with E-state index in [0.717, 1.165) is 35.9 Å². The molecule has 0 bridgehead atoms. The Balaban J connectivity index is 1.47. The van der Waals surface area contributed by atoms with Crippen molar-refractivity contribution in [3.63, 3.8) is 0 Å². The summed E-state index contributed by atoms with van der Waals surface area (Å²) in [6, 6.07) is 9.64. The molecule has 7 heteroatoms. The second-order valence-corrected chi connectivity index (χ2v) is 6.69. The van der Waals surface area contributed by atoms with E-state index in [0.29, 0.717) is 18.3 Å². The van der Waals surface area contributed by atoms with Gasteiger partial charge in [0.15, 0.2) is 0 Å². The quantitative estimate of drug-likeness (QED) is 0.868. The van der Waals surface area contributed by atoms with Gasteiger partial charge in [0.1, 0.15) is 12.4 Å². The Hall–Kier alpha value is -2.21. The van der Waals surface area contributed by atoms with Crippen molar-refractivity contribution in [1.29, 1.82) is 0 Å². The summed E-state index contributed by atoms with van der Waals surface area (Å²) in [6.07, 6.45) is 1.05. The lowest BCUT2D eigenvalue weighted by Gasteiger charge is -2.19. The molecule has 1 aromatic heterocycles. The third-order valence-corrected chi connectivity index (χ3v) is 4.51. The summed E-state index contributed by atoms with van der Waals surface area (Å²) < 4.78 is 1.53. The predicted octanol–water partition coefficient (Wildman–Crippen LogP) is 2.07. The molecule has 1 aromatic carbocycles. The average molecular weight is 348 g/mol. The number of nitrogens with two attached hydrogens (primary N) is 1. The second-order valence-electron chi connectivity index (χ2n) is 6.25. The molecule has 0 aliphatic carbocycles. The van der Waals surface area contributed by atoms with Gasteiger partial charge in [0.2, 0.25) is 5.91 Å². The first-order chi connectivity index (χ1) is 11.5. The maximum atomic E-state index is 12.1. The van der Waals surface area contributed by atoms with Crippen molar-refractivity contribution < 1.29 is 4.79 Å². The lowest BCUT2D eigenvalue weighted by Crippen LogP contribution is -2.33. The number of nitrogen functional groups attached to an aromatic ring is 1. The SMILES string of the molecule is Cc1cc(N)n(CC(=O)NCC2CCN(c3cccc(Cl)c3)C2)n1. The molecule has 3 N–H and O–H groups in total. The number of aromatic nitrogens is 2. The molecular formula is C17H22ClN5O. The topological polar surface area (TPSA) is 76.2 Å². The number of anilines is 2. The van der Waals surface area contributed by atoms with E-state index in [9.17, 15) is 4.79 Å². The molecule has 0 saturated carbocycles. The Morgan fingerprint density at radius 1 is 1.46 bits per heavy atom. The van der Waals surface area contributed by atoms with Crippen LogP contribution < -0.4 is 16.0 Å². The highest BCUT2D eigenvalue weighted by atomic mass is 35.5. The van der Waals surface area contributed by atoms with Crippen molar-refractivity contribution in [2.24, 2.45) is 5.92 Å². The molecule has 1 saturated heterocycles. The highest BCUT2D eigenvalue weighted by molar-refractivity contribution is 6.30. The minimum Gasteiger partial charge on any atom is -0.384 e. The summed E-state index contributed by atoms with van der Waals surface area (Å²) in [5.41, 5.74) is 7.75. The number of nitrogens with zero attached hydrogens (tertiary/aromatic N) is 3. The number of halogens is 1. The van der Waals surface area contributed by atoms with Gasteiger partial charge < -0.3 is 16.0 Å². The zero-order valence-corrected chi connectivity index (χ0v) is 14.5. The number of carbonyl (C=O) groups excluding carboxylic acids is 1. The fourth-order valence-electron chi connectivity index (χ4n) is 3.05. The van der Waals surface area contributed by atoms with Gasteiger partial charge >= 0.3 is 0 Å². The molecule has 1 fully saturated rings. The summed E-state index contributed by atoms with van der Waals surface area (Å²) >= 11 is 6.05. The molecule has 1 atom stereocenters. The van der Waals surface area contributed by atoms with E-state index in [4.69, 9.17) is 17.3 Å². The van der Waals surface area contributed by atoms with Crippen LogP contribution in [0.25, 0.3) is 0 Å².